The summed E-state index contributed by atoms with van der Waals surface area (Å²) in [5.74, 6) is 0.707. The van der Waals surface area contributed by atoms with Gasteiger partial charge in [-0.1, -0.05) is 13.8 Å². The maximum Gasteiger partial charge on any atom is 0.234 e. The molecule has 0 aromatic heterocycles. The fourth-order valence-electron chi connectivity index (χ4n) is 2.30. The molecule has 0 saturated carbocycles. The van der Waals surface area contributed by atoms with Crippen LogP contribution in [0.4, 0.5) is 0 Å². The molecule has 1 saturated heterocycles. The molecule has 1 aliphatic rings. The van der Waals surface area contributed by atoms with E-state index < -0.39 is 0 Å². The molecule has 0 bridgehead atoms. The summed E-state index contributed by atoms with van der Waals surface area (Å²) in [6, 6.07) is 0.426. The van der Waals surface area contributed by atoms with Crippen molar-refractivity contribution in [2.24, 2.45) is 5.92 Å². The first-order chi connectivity index (χ1) is 8.63. The number of morpholine rings is 1. The van der Waals surface area contributed by atoms with Gasteiger partial charge in [0.05, 0.1) is 19.8 Å². The van der Waals surface area contributed by atoms with Crippen molar-refractivity contribution in [2.75, 3.05) is 46.4 Å². The Balaban J connectivity index is 2.41. The highest BCUT2D eigenvalue weighted by atomic mass is 16.5. The van der Waals surface area contributed by atoms with E-state index in [0.29, 0.717) is 18.5 Å². The Bertz CT molecular complexity index is 240. The number of ether oxygens (including phenoxy) is 1. The molecule has 0 radical (unpaired) electrons. The number of carbonyl (C=O) groups excluding carboxylic acids is 1. The molecule has 0 aromatic carbocycles. The minimum atomic E-state index is 0.0690. The Morgan fingerprint density at radius 1 is 1.33 bits per heavy atom. The van der Waals surface area contributed by atoms with E-state index in [4.69, 9.17) is 4.74 Å². The molecule has 106 valence electrons. The summed E-state index contributed by atoms with van der Waals surface area (Å²) >= 11 is 0. The van der Waals surface area contributed by atoms with E-state index in [2.05, 4.69) is 29.4 Å². The fourth-order valence-corrected chi connectivity index (χ4v) is 2.30. The summed E-state index contributed by atoms with van der Waals surface area (Å²) in [6.07, 6.45) is 1.11. The number of rotatable bonds is 7. The zero-order valence-electron chi connectivity index (χ0n) is 11.9. The van der Waals surface area contributed by atoms with Crippen LogP contribution in [-0.4, -0.2) is 63.3 Å². The van der Waals surface area contributed by atoms with Crippen molar-refractivity contribution < 1.29 is 9.53 Å². The summed E-state index contributed by atoms with van der Waals surface area (Å²) in [7, 11) is 1.78. The van der Waals surface area contributed by atoms with Crippen LogP contribution in [-0.2, 0) is 9.53 Å². The van der Waals surface area contributed by atoms with Crippen molar-refractivity contribution in [3.63, 3.8) is 0 Å². The number of nitrogens with one attached hydrogen (secondary N) is 2. The summed E-state index contributed by atoms with van der Waals surface area (Å²) in [5.41, 5.74) is 0. The first-order valence-electron chi connectivity index (χ1n) is 6.86. The Labute approximate surface area is 110 Å². The number of hydrogen-bond donors (Lipinski definition) is 2. The van der Waals surface area contributed by atoms with E-state index in [9.17, 15) is 4.79 Å². The summed E-state index contributed by atoms with van der Waals surface area (Å²) in [5, 5.41) is 5.87. The van der Waals surface area contributed by atoms with Crippen LogP contribution in [0.1, 0.15) is 20.3 Å². The smallest absolute Gasteiger partial charge is 0.234 e. The third-order valence-electron chi connectivity index (χ3n) is 3.18. The number of carbonyl (C=O) groups is 1. The van der Waals surface area contributed by atoms with Crippen LogP contribution in [0.3, 0.4) is 0 Å². The van der Waals surface area contributed by atoms with E-state index in [0.717, 1.165) is 39.3 Å². The molecule has 1 unspecified atom stereocenters. The van der Waals surface area contributed by atoms with Crippen LogP contribution in [0.2, 0.25) is 0 Å². The third-order valence-corrected chi connectivity index (χ3v) is 3.18. The monoisotopic (exact) mass is 257 g/mol. The molecule has 1 atom stereocenters. The van der Waals surface area contributed by atoms with Gasteiger partial charge in [0.15, 0.2) is 0 Å². The van der Waals surface area contributed by atoms with Gasteiger partial charge in [-0.3, -0.25) is 9.69 Å². The average molecular weight is 257 g/mol. The number of nitrogens with zero attached hydrogens (tertiary/aromatic N) is 1. The largest absolute Gasteiger partial charge is 0.379 e. The Morgan fingerprint density at radius 3 is 2.56 bits per heavy atom. The van der Waals surface area contributed by atoms with Gasteiger partial charge in [0.25, 0.3) is 0 Å². The molecule has 1 fully saturated rings. The molecule has 0 spiro atoms. The summed E-state index contributed by atoms with van der Waals surface area (Å²) < 4.78 is 5.38. The van der Waals surface area contributed by atoms with Crippen molar-refractivity contribution in [1.82, 2.24) is 15.5 Å². The van der Waals surface area contributed by atoms with E-state index >= 15 is 0 Å². The van der Waals surface area contributed by atoms with Gasteiger partial charge >= 0.3 is 0 Å². The molecule has 1 rings (SSSR count). The van der Waals surface area contributed by atoms with Gasteiger partial charge in [0.1, 0.15) is 0 Å². The number of likely N-dealkylation sites (N-methyl/N-ethyl adjacent to an activating group) is 1. The van der Waals surface area contributed by atoms with Crippen molar-refractivity contribution in [3.8, 4) is 0 Å². The van der Waals surface area contributed by atoms with Crippen LogP contribution in [0, 0.1) is 5.92 Å². The van der Waals surface area contributed by atoms with Crippen molar-refractivity contribution in [3.05, 3.63) is 0 Å². The first kappa shape index (κ1) is 15.4. The quantitative estimate of drug-likeness (QED) is 0.678. The zero-order valence-corrected chi connectivity index (χ0v) is 11.9. The molecule has 2 N–H and O–H groups in total. The molecule has 18 heavy (non-hydrogen) atoms. The lowest BCUT2D eigenvalue weighted by Gasteiger charge is -2.35. The second-order valence-corrected chi connectivity index (χ2v) is 5.27. The van der Waals surface area contributed by atoms with E-state index in [-0.39, 0.29) is 5.91 Å². The molecule has 0 aliphatic carbocycles. The number of hydrogen-bond acceptors (Lipinski definition) is 4. The van der Waals surface area contributed by atoms with Gasteiger partial charge in [-0.15, -0.1) is 0 Å². The lowest BCUT2D eigenvalue weighted by molar-refractivity contribution is -0.120. The van der Waals surface area contributed by atoms with E-state index in [1.165, 1.54) is 0 Å². The van der Waals surface area contributed by atoms with Crippen LogP contribution in [0.25, 0.3) is 0 Å². The third kappa shape index (κ3) is 5.80. The van der Waals surface area contributed by atoms with Gasteiger partial charge in [-0.2, -0.15) is 0 Å². The highest BCUT2D eigenvalue weighted by Crippen LogP contribution is 2.12. The van der Waals surface area contributed by atoms with Gasteiger partial charge < -0.3 is 15.4 Å². The van der Waals surface area contributed by atoms with Gasteiger partial charge in [0, 0.05) is 25.7 Å². The SMILES string of the molecule is CNCC(=O)NCC(CC(C)C)N1CCOCC1. The predicted octanol–water partition coefficient (Wildman–Crippen LogP) is 0.0689. The van der Waals surface area contributed by atoms with Crippen molar-refractivity contribution in [1.29, 1.82) is 0 Å². The summed E-state index contributed by atoms with van der Waals surface area (Å²) in [6.45, 7) is 9.12. The Hall–Kier alpha value is -0.650. The standard InChI is InChI=1S/C13H27N3O2/c1-11(2)8-12(9-15-13(17)10-14-3)16-4-6-18-7-5-16/h11-12,14H,4-10H2,1-3H3,(H,15,17). The zero-order chi connectivity index (χ0) is 13.4. The predicted molar refractivity (Wildman–Crippen MR) is 72.6 cm³/mol. The topological polar surface area (TPSA) is 53.6 Å². The Kier molecular flexibility index (Phi) is 7.23. The second kappa shape index (κ2) is 8.45. The molecular formula is C13H27N3O2. The maximum atomic E-state index is 11.5. The molecular weight excluding hydrogens is 230 g/mol. The molecule has 1 amide bonds. The van der Waals surface area contributed by atoms with Crippen molar-refractivity contribution >= 4 is 5.91 Å². The van der Waals surface area contributed by atoms with Gasteiger partial charge in [-0.05, 0) is 19.4 Å². The maximum absolute atomic E-state index is 11.5. The minimum absolute atomic E-state index is 0.0690. The molecule has 0 aromatic rings. The minimum Gasteiger partial charge on any atom is -0.379 e. The fraction of sp³-hybridized carbons (Fsp3) is 0.923. The molecule has 5 heteroatoms. The van der Waals surface area contributed by atoms with Gasteiger partial charge in [-0.25, -0.2) is 0 Å². The van der Waals surface area contributed by atoms with E-state index in [1.54, 1.807) is 7.05 Å². The lowest BCUT2D eigenvalue weighted by atomic mass is 10.0. The molecule has 1 heterocycles. The lowest BCUT2D eigenvalue weighted by Crippen LogP contribution is -2.50. The van der Waals surface area contributed by atoms with E-state index in [1.807, 2.05) is 0 Å². The highest BCUT2D eigenvalue weighted by Gasteiger charge is 2.22. The average Bonchev–Trinajstić information content (AvgIpc) is 2.35. The van der Waals surface area contributed by atoms with Crippen LogP contribution in [0.5, 0.6) is 0 Å². The van der Waals surface area contributed by atoms with Gasteiger partial charge in [0.2, 0.25) is 5.91 Å². The van der Waals surface area contributed by atoms with Crippen LogP contribution < -0.4 is 10.6 Å². The molecule has 1 aliphatic heterocycles. The molecule has 5 nitrogen and oxygen atoms in total. The summed E-state index contributed by atoms with van der Waals surface area (Å²) in [4.78, 5) is 13.9. The normalized spacial score (nSPS) is 18.9. The van der Waals surface area contributed by atoms with Crippen LogP contribution >= 0.6 is 0 Å². The Morgan fingerprint density at radius 2 is 2.00 bits per heavy atom. The van der Waals surface area contributed by atoms with Crippen LogP contribution in [0.15, 0.2) is 0 Å². The second-order valence-electron chi connectivity index (χ2n) is 5.27. The first-order valence-corrected chi connectivity index (χ1v) is 6.86. The highest BCUT2D eigenvalue weighted by molar-refractivity contribution is 5.77. The van der Waals surface area contributed by atoms with Crippen molar-refractivity contribution in [2.45, 2.75) is 26.3 Å². The number of amides is 1.